The van der Waals surface area contributed by atoms with Gasteiger partial charge in [-0.1, -0.05) is 0 Å². The molecule has 0 spiro atoms. The third kappa shape index (κ3) is 3.54. The summed E-state index contributed by atoms with van der Waals surface area (Å²) in [6.07, 6.45) is 0.791. The molecule has 2 aromatic rings. The molecule has 0 N–H and O–H groups in total. The van der Waals surface area contributed by atoms with Crippen molar-refractivity contribution in [2.24, 2.45) is 0 Å². The summed E-state index contributed by atoms with van der Waals surface area (Å²) in [4.78, 5) is 14.7. The minimum atomic E-state index is -0.195. The zero-order valence-electron chi connectivity index (χ0n) is 13.0. The van der Waals surface area contributed by atoms with E-state index in [1.807, 2.05) is 55.5 Å². The zero-order chi connectivity index (χ0) is 16.2. The monoisotopic (exact) mass is 373 g/mol. The molecule has 0 aromatic heterocycles. The maximum atomic E-state index is 13.0. The molecule has 3 nitrogen and oxygen atoms in total. The zero-order valence-corrected chi connectivity index (χ0v) is 14.7. The Balaban J connectivity index is 1.78. The summed E-state index contributed by atoms with van der Waals surface area (Å²) in [6.45, 7) is 2.48. The van der Waals surface area contributed by atoms with Crippen LogP contribution in [0.1, 0.15) is 24.0 Å². The Hall–Kier alpha value is -1.90. The standard InChI is InChI=1S/C19H19NO2Se/c1-14(16-10-6-3-7-11-16)18(21)20-17(13-22-19(20)23)12-15-8-4-2-5-9-15/h2-11,14,17H,12-13H2,1H3/t14?,17-/m0/s1. The molecule has 1 heterocycles. The van der Waals surface area contributed by atoms with Gasteiger partial charge in [-0.15, -0.1) is 0 Å². The molecular formula is C19H19NO2Se. The first-order valence-electron chi connectivity index (χ1n) is 7.75. The van der Waals surface area contributed by atoms with E-state index in [0.717, 1.165) is 12.0 Å². The molecule has 1 fully saturated rings. The molecule has 0 saturated carbocycles. The van der Waals surface area contributed by atoms with Crippen LogP contribution in [0.3, 0.4) is 0 Å². The van der Waals surface area contributed by atoms with E-state index >= 15 is 0 Å². The van der Waals surface area contributed by atoms with Gasteiger partial charge >= 0.3 is 144 Å². The molecule has 2 aromatic carbocycles. The second-order valence-corrected chi connectivity index (χ2v) is 6.49. The molecular weight excluding hydrogens is 353 g/mol. The van der Waals surface area contributed by atoms with E-state index in [9.17, 15) is 4.79 Å². The number of carbonyl (C=O) groups excluding carboxylic acids is 1. The van der Waals surface area contributed by atoms with Gasteiger partial charge in [0.15, 0.2) is 0 Å². The number of ether oxygens (including phenoxy) is 1. The molecule has 1 unspecified atom stereocenters. The molecule has 4 heteroatoms. The topological polar surface area (TPSA) is 29.5 Å². The van der Waals surface area contributed by atoms with Crippen LogP contribution in [0, 0.1) is 0 Å². The fourth-order valence-electron chi connectivity index (χ4n) is 2.86. The van der Waals surface area contributed by atoms with Crippen molar-refractivity contribution < 1.29 is 9.53 Å². The molecule has 1 aliphatic rings. The first-order chi connectivity index (χ1) is 11.2. The summed E-state index contributed by atoms with van der Waals surface area (Å²) >= 11 is 2.89. The van der Waals surface area contributed by atoms with Crippen LogP contribution in [0.25, 0.3) is 0 Å². The molecule has 2 atom stereocenters. The SMILES string of the molecule is CC(C(=O)N1C(=[Se])OC[C@@H]1Cc1ccccc1)c1ccccc1. The third-order valence-corrected chi connectivity index (χ3v) is 4.84. The van der Waals surface area contributed by atoms with Crippen molar-refractivity contribution in [1.29, 1.82) is 0 Å². The number of hydrogen-bond donors (Lipinski definition) is 0. The van der Waals surface area contributed by atoms with E-state index < -0.39 is 0 Å². The summed E-state index contributed by atoms with van der Waals surface area (Å²) in [6, 6.07) is 20.1. The van der Waals surface area contributed by atoms with E-state index in [-0.39, 0.29) is 17.9 Å². The average molecular weight is 372 g/mol. The van der Waals surface area contributed by atoms with Crippen molar-refractivity contribution in [2.75, 3.05) is 6.61 Å². The van der Waals surface area contributed by atoms with Gasteiger partial charge in [0.25, 0.3) is 0 Å². The third-order valence-electron chi connectivity index (χ3n) is 4.18. The number of nitrogens with zero attached hydrogens (tertiary/aromatic N) is 1. The Morgan fingerprint density at radius 2 is 1.78 bits per heavy atom. The number of amides is 1. The van der Waals surface area contributed by atoms with Gasteiger partial charge in [-0.05, 0) is 0 Å². The van der Waals surface area contributed by atoms with Gasteiger partial charge in [0.1, 0.15) is 0 Å². The Labute approximate surface area is 144 Å². The van der Waals surface area contributed by atoms with Crippen LogP contribution in [-0.4, -0.2) is 43.8 Å². The summed E-state index contributed by atoms with van der Waals surface area (Å²) in [5, 5.41) is 0. The van der Waals surface area contributed by atoms with Gasteiger partial charge in [-0.25, -0.2) is 0 Å². The number of hydrogen-bond acceptors (Lipinski definition) is 2. The van der Waals surface area contributed by atoms with Gasteiger partial charge in [-0.3, -0.25) is 0 Å². The molecule has 0 aliphatic carbocycles. The average Bonchev–Trinajstić information content (AvgIpc) is 2.95. The summed E-state index contributed by atoms with van der Waals surface area (Å²) in [5.41, 5.74) is 2.23. The Morgan fingerprint density at radius 1 is 1.17 bits per heavy atom. The predicted octanol–water partition coefficient (Wildman–Crippen LogP) is 2.52. The first kappa shape index (κ1) is 16.0. The number of benzene rings is 2. The van der Waals surface area contributed by atoms with Gasteiger partial charge < -0.3 is 0 Å². The fraction of sp³-hybridized carbons (Fsp3) is 0.263. The van der Waals surface area contributed by atoms with Gasteiger partial charge in [0.05, 0.1) is 0 Å². The predicted molar refractivity (Wildman–Crippen MR) is 92.4 cm³/mol. The van der Waals surface area contributed by atoms with E-state index in [2.05, 4.69) is 27.7 Å². The normalized spacial score (nSPS) is 18.6. The van der Waals surface area contributed by atoms with Crippen molar-refractivity contribution in [3.63, 3.8) is 0 Å². The van der Waals surface area contributed by atoms with Crippen LogP contribution in [0.4, 0.5) is 0 Å². The second kappa shape index (κ2) is 7.12. The summed E-state index contributed by atoms with van der Waals surface area (Å²) in [7, 11) is 0. The molecule has 1 saturated heterocycles. The Bertz CT molecular complexity index is 687. The minimum absolute atomic E-state index is 0.0345. The maximum absolute atomic E-state index is 13.0. The molecule has 0 bridgehead atoms. The van der Waals surface area contributed by atoms with E-state index in [0.29, 0.717) is 11.3 Å². The Kier molecular flexibility index (Phi) is 4.94. The van der Waals surface area contributed by atoms with Crippen LogP contribution in [0.15, 0.2) is 60.7 Å². The molecule has 1 aliphatic heterocycles. The summed E-state index contributed by atoms with van der Waals surface area (Å²) in [5.74, 6) is -0.122. The van der Waals surface area contributed by atoms with E-state index in [1.165, 1.54) is 5.56 Å². The fourth-order valence-corrected chi connectivity index (χ4v) is 3.50. The Morgan fingerprint density at radius 3 is 2.43 bits per heavy atom. The van der Waals surface area contributed by atoms with Crippen LogP contribution in [0.2, 0.25) is 0 Å². The van der Waals surface area contributed by atoms with Crippen molar-refractivity contribution in [2.45, 2.75) is 25.3 Å². The first-order valence-corrected chi connectivity index (χ1v) is 8.61. The molecule has 23 heavy (non-hydrogen) atoms. The molecule has 1 amide bonds. The van der Waals surface area contributed by atoms with Gasteiger partial charge in [0, 0.05) is 0 Å². The quantitative estimate of drug-likeness (QED) is 0.772. The van der Waals surface area contributed by atoms with Gasteiger partial charge in [-0.2, -0.15) is 0 Å². The van der Waals surface area contributed by atoms with Crippen molar-refractivity contribution in [3.05, 3.63) is 71.8 Å². The van der Waals surface area contributed by atoms with Crippen LogP contribution in [0.5, 0.6) is 0 Å². The van der Waals surface area contributed by atoms with Crippen LogP contribution >= 0.6 is 0 Å². The number of rotatable bonds is 4. The molecule has 0 radical (unpaired) electrons. The van der Waals surface area contributed by atoms with Crippen LogP contribution in [-0.2, 0) is 16.0 Å². The van der Waals surface area contributed by atoms with Crippen molar-refractivity contribution in [3.8, 4) is 0 Å². The van der Waals surface area contributed by atoms with E-state index in [4.69, 9.17) is 4.74 Å². The van der Waals surface area contributed by atoms with E-state index in [1.54, 1.807) is 4.90 Å². The summed E-state index contributed by atoms with van der Waals surface area (Å²) < 4.78 is 6.21. The molecule has 118 valence electrons. The number of carbonyl (C=O) groups is 1. The second-order valence-electron chi connectivity index (χ2n) is 5.76. The van der Waals surface area contributed by atoms with Crippen molar-refractivity contribution in [1.82, 2.24) is 4.90 Å². The molecule has 3 rings (SSSR count). The van der Waals surface area contributed by atoms with Crippen LogP contribution < -0.4 is 0 Å². The van der Waals surface area contributed by atoms with Crippen molar-refractivity contribution >= 4 is 26.2 Å². The van der Waals surface area contributed by atoms with Gasteiger partial charge in [0.2, 0.25) is 0 Å².